The number of hydrogen-bond donors (Lipinski definition) is 2. The zero-order chi connectivity index (χ0) is 17.8. The number of thiophene rings is 1. The van der Waals surface area contributed by atoms with Crippen molar-refractivity contribution in [3.63, 3.8) is 0 Å². The Morgan fingerprint density at radius 2 is 1.60 bits per heavy atom. The maximum absolute atomic E-state index is 12.2. The van der Waals surface area contributed by atoms with Crippen molar-refractivity contribution in [1.29, 1.82) is 0 Å². The molecular formula is C18H16N2O4S. The molecule has 0 unspecified atom stereocenters. The Morgan fingerprint density at radius 1 is 0.880 bits per heavy atom. The topological polar surface area (TPSA) is 76.7 Å². The van der Waals surface area contributed by atoms with E-state index in [-0.39, 0.29) is 5.91 Å². The van der Waals surface area contributed by atoms with Crippen LogP contribution in [0.4, 0.5) is 0 Å². The van der Waals surface area contributed by atoms with Gasteiger partial charge in [0, 0.05) is 10.3 Å². The molecule has 1 aromatic heterocycles. The average Bonchev–Trinajstić information content (AvgIpc) is 3.09. The summed E-state index contributed by atoms with van der Waals surface area (Å²) in [5.41, 5.74) is 5.17. The highest BCUT2D eigenvalue weighted by atomic mass is 32.1. The summed E-state index contributed by atoms with van der Waals surface area (Å²) < 4.78 is 11.3. The molecule has 0 atom stereocenters. The summed E-state index contributed by atoms with van der Waals surface area (Å²) in [7, 11) is 3.01. The maximum Gasteiger partial charge on any atom is 0.279 e. The number of carbonyl (C=O) groups is 2. The van der Waals surface area contributed by atoms with Gasteiger partial charge in [-0.1, -0.05) is 18.2 Å². The van der Waals surface area contributed by atoms with Crippen molar-refractivity contribution >= 4 is 33.2 Å². The average molecular weight is 356 g/mol. The first-order valence-electron chi connectivity index (χ1n) is 7.43. The van der Waals surface area contributed by atoms with Crippen LogP contribution in [-0.2, 0) is 0 Å². The summed E-state index contributed by atoms with van der Waals surface area (Å²) >= 11 is 1.36. The molecule has 0 bridgehead atoms. The van der Waals surface area contributed by atoms with Crippen molar-refractivity contribution < 1.29 is 19.1 Å². The van der Waals surface area contributed by atoms with E-state index in [1.165, 1.54) is 25.6 Å². The molecule has 0 aliphatic heterocycles. The minimum Gasteiger partial charge on any atom is -0.493 e. The van der Waals surface area contributed by atoms with Crippen molar-refractivity contribution in [2.75, 3.05) is 14.2 Å². The summed E-state index contributed by atoms with van der Waals surface area (Å²) in [4.78, 5) is 24.9. The monoisotopic (exact) mass is 356 g/mol. The van der Waals surface area contributed by atoms with Gasteiger partial charge in [-0.2, -0.15) is 0 Å². The van der Waals surface area contributed by atoms with Crippen molar-refractivity contribution in [1.82, 2.24) is 10.9 Å². The number of carbonyl (C=O) groups excluding carboxylic acids is 2. The third-order valence-corrected chi connectivity index (χ3v) is 4.70. The molecule has 6 nitrogen and oxygen atoms in total. The number of fused-ring (bicyclic) bond motifs is 1. The van der Waals surface area contributed by atoms with Crippen molar-refractivity contribution in [2.24, 2.45) is 0 Å². The Labute approximate surface area is 148 Å². The third kappa shape index (κ3) is 3.56. The normalized spacial score (nSPS) is 10.3. The molecule has 7 heteroatoms. The number of amides is 2. The van der Waals surface area contributed by atoms with E-state index in [9.17, 15) is 9.59 Å². The van der Waals surface area contributed by atoms with Gasteiger partial charge in [0.25, 0.3) is 11.8 Å². The van der Waals surface area contributed by atoms with E-state index in [0.29, 0.717) is 21.9 Å². The van der Waals surface area contributed by atoms with Crippen LogP contribution in [0, 0.1) is 0 Å². The minimum absolute atomic E-state index is 0.342. The summed E-state index contributed by atoms with van der Waals surface area (Å²) in [6.45, 7) is 0. The molecule has 0 aliphatic rings. The molecule has 25 heavy (non-hydrogen) atoms. The lowest BCUT2D eigenvalue weighted by molar-refractivity contribution is 0.0848. The molecule has 2 aromatic carbocycles. The standard InChI is InChI=1S/C18H16N2O4S/c1-23-13-8-7-12(9-14(13)24-2)17(21)19-20-18(22)16-10-11-5-3-4-6-15(11)25-16/h3-10H,1-2H3,(H,19,21)(H,20,22). The quantitative estimate of drug-likeness (QED) is 0.705. The van der Waals surface area contributed by atoms with Crippen LogP contribution in [0.15, 0.2) is 48.5 Å². The smallest absolute Gasteiger partial charge is 0.279 e. The fraction of sp³-hybridized carbons (Fsp3) is 0.111. The highest BCUT2D eigenvalue weighted by Gasteiger charge is 2.14. The molecule has 1 heterocycles. The van der Waals surface area contributed by atoms with Crippen LogP contribution in [0.1, 0.15) is 20.0 Å². The van der Waals surface area contributed by atoms with E-state index in [0.717, 1.165) is 10.1 Å². The summed E-state index contributed by atoms with van der Waals surface area (Å²) in [5, 5.41) is 0.990. The number of ether oxygens (including phenoxy) is 2. The van der Waals surface area contributed by atoms with Gasteiger partial charge in [0.15, 0.2) is 11.5 Å². The number of benzene rings is 2. The lowest BCUT2D eigenvalue weighted by atomic mass is 10.2. The van der Waals surface area contributed by atoms with Crippen LogP contribution < -0.4 is 20.3 Å². The number of rotatable bonds is 4. The van der Waals surface area contributed by atoms with Gasteiger partial charge in [-0.25, -0.2) is 0 Å². The molecule has 0 aliphatic carbocycles. The van der Waals surface area contributed by atoms with E-state index in [4.69, 9.17) is 9.47 Å². The van der Waals surface area contributed by atoms with Crippen LogP contribution in [0.25, 0.3) is 10.1 Å². The Balaban J connectivity index is 1.68. The third-order valence-electron chi connectivity index (χ3n) is 3.58. The second-order valence-corrected chi connectivity index (χ2v) is 6.21. The molecule has 0 fully saturated rings. The van der Waals surface area contributed by atoms with E-state index in [1.807, 2.05) is 24.3 Å². The van der Waals surface area contributed by atoms with E-state index in [1.54, 1.807) is 24.3 Å². The summed E-state index contributed by atoms with van der Waals surface area (Å²) in [5.74, 6) is 0.143. The Kier molecular flexibility index (Phi) is 4.85. The van der Waals surface area contributed by atoms with Crippen LogP contribution >= 0.6 is 11.3 Å². The SMILES string of the molecule is COc1ccc(C(=O)NNC(=O)c2cc3ccccc3s2)cc1OC. The first kappa shape index (κ1) is 16.8. The molecular weight excluding hydrogens is 340 g/mol. The Hall–Kier alpha value is -3.06. The summed E-state index contributed by atoms with van der Waals surface area (Å²) in [6.07, 6.45) is 0. The number of methoxy groups -OCH3 is 2. The van der Waals surface area contributed by atoms with Gasteiger partial charge in [0.05, 0.1) is 19.1 Å². The first-order chi connectivity index (χ1) is 12.1. The first-order valence-corrected chi connectivity index (χ1v) is 8.25. The highest BCUT2D eigenvalue weighted by molar-refractivity contribution is 7.20. The largest absolute Gasteiger partial charge is 0.493 e. The van der Waals surface area contributed by atoms with E-state index >= 15 is 0 Å². The lowest BCUT2D eigenvalue weighted by Crippen LogP contribution is -2.41. The van der Waals surface area contributed by atoms with Crippen LogP contribution in [0.5, 0.6) is 11.5 Å². The molecule has 0 saturated carbocycles. The van der Waals surface area contributed by atoms with Crippen LogP contribution in [0.3, 0.4) is 0 Å². The van der Waals surface area contributed by atoms with Crippen molar-refractivity contribution in [2.45, 2.75) is 0 Å². The molecule has 2 amide bonds. The van der Waals surface area contributed by atoms with E-state index < -0.39 is 5.91 Å². The molecule has 0 saturated heterocycles. The van der Waals surface area contributed by atoms with Gasteiger partial charge in [0.1, 0.15) is 0 Å². The van der Waals surface area contributed by atoms with Gasteiger partial charge < -0.3 is 9.47 Å². The van der Waals surface area contributed by atoms with Crippen molar-refractivity contribution in [3.8, 4) is 11.5 Å². The molecule has 128 valence electrons. The Morgan fingerprint density at radius 3 is 2.32 bits per heavy atom. The van der Waals surface area contributed by atoms with Crippen molar-refractivity contribution in [3.05, 3.63) is 59.0 Å². The summed E-state index contributed by atoms with van der Waals surface area (Å²) in [6, 6.07) is 14.3. The molecule has 2 N–H and O–H groups in total. The fourth-order valence-electron chi connectivity index (χ4n) is 2.32. The van der Waals surface area contributed by atoms with Crippen LogP contribution in [-0.4, -0.2) is 26.0 Å². The van der Waals surface area contributed by atoms with Gasteiger partial charge >= 0.3 is 0 Å². The van der Waals surface area contributed by atoms with Gasteiger partial charge in [-0.15, -0.1) is 11.3 Å². The van der Waals surface area contributed by atoms with E-state index in [2.05, 4.69) is 10.9 Å². The number of hydrogen-bond acceptors (Lipinski definition) is 5. The number of nitrogens with one attached hydrogen (secondary N) is 2. The molecule has 3 aromatic rings. The Bertz CT molecular complexity index is 903. The number of hydrazine groups is 1. The maximum atomic E-state index is 12.2. The van der Waals surface area contributed by atoms with Gasteiger partial charge in [-0.3, -0.25) is 20.4 Å². The zero-order valence-corrected chi connectivity index (χ0v) is 14.5. The zero-order valence-electron chi connectivity index (χ0n) is 13.7. The highest BCUT2D eigenvalue weighted by Crippen LogP contribution is 2.27. The molecule has 0 spiro atoms. The van der Waals surface area contributed by atoms with Crippen LogP contribution in [0.2, 0.25) is 0 Å². The minimum atomic E-state index is -0.449. The second kappa shape index (κ2) is 7.23. The second-order valence-electron chi connectivity index (χ2n) is 5.13. The fourth-order valence-corrected chi connectivity index (χ4v) is 3.28. The predicted octanol–water partition coefficient (Wildman–Crippen LogP) is 2.99. The molecule has 0 radical (unpaired) electrons. The lowest BCUT2D eigenvalue weighted by Gasteiger charge is -2.10. The van der Waals surface area contributed by atoms with Gasteiger partial charge in [0.2, 0.25) is 0 Å². The predicted molar refractivity (Wildman–Crippen MR) is 96.3 cm³/mol. The molecule has 3 rings (SSSR count). The van der Waals surface area contributed by atoms with Gasteiger partial charge in [-0.05, 0) is 35.7 Å².